The predicted molar refractivity (Wildman–Crippen MR) is 105 cm³/mol. The van der Waals surface area contributed by atoms with Gasteiger partial charge < -0.3 is 20.1 Å². The van der Waals surface area contributed by atoms with Gasteiger partial charge in [-0.2, -0.15) is 10.1 Å². The lowest BCUT2D eigenvalue weighted by Gasteiger charge is -2.34. The van der Waals surface area contributed by atoms with Crippen molar-refractivity contribution in [1.82, 2.24) is 25.1 Å². The number of para-hydroxylation sites is 1. The van der Waals surface area contributed by atoms with Crippen molar-refractivity contribution in [3.05, 3.63) is 42.2 Å². The molecular weight excluding hydrogens is 326 g/mol. The molecule has 0 spiro atoms. The van der Waals surface area contributed by atoms with Crippen LogP contribution in [0.5, 0.6) is 0 Å². The minimum absolute atomic E-state index is 0.597. The highest BCUT2D eigenvalue weighted by Crippen LogP contribution is 2.18. The van der Waals surface area contributed by atoms with Gasteiger partial charge in [-0.05, 0) is 24.6 Å². The van der Waals surface area contributed by atoms with Gasteiger partial charge in [0.25, 0.3) is 0 Å². The quantitative estimate of drug-likeness (QED) is 0.709. The molecule has 0 saturated carbocycles. The molecule has 1 aliphatic heterocycles. The van der Waals surface area contributed by atoms with Gasteiger partial charge in [0.05, 0.1) is 6.20 Å². The third kappa shape index (κ3) is 3.62. The fourth-order valence-corrected chi connectivity index (χ4v) is 3.46. The highest BCUT2D eigenvalue weighted by atomic mass is 15.3. The second-order valence-electron chi connectivity index (χ2n) is 6.60. The Morgan fingerprint density at radius 3 is 2.85 bits per heavy atom. The summed E-state index contributed by atoms with van der Waals surface area (Å²) in [5.41, 5.74) is 2.47. The van der Waals surface area contributed by atoms with Gasteiger partial charge in [0.2, 0.25) is 5.95 Å². The number of anilines is 2. The number of benzene rings is 1. The number of hydrogen-bond donors (Lipinski definition) is 2. The van der Waals surface area contributed by atoms with E-state index < -0.39 is 0 Å². The van der Waals surface area contributed by atoms with Gasteiger partial charge in [-0.15, -0.1) is 5.10 Å². The SMILES string of the molecule is CCN1CCN(c2cnnc(NCCc3c[nH]c4ccccc34)n2)CC1. The molecule has 26 heavy (non-hydrogen) atoms. The van der Waals surface area contributed by atoms with Crippen molar-refractivity contribution < 1.29 is 0 Å². The number of nitrogens with one attached hydrogen (secondary N) is 2. The van der Waals surface area contributed by atoms with Crippen LogP contribution in [0.1, 0.15) is 12.5 Å². The lowest BCUT2D eigenvalue weighted by atomic mass is 10.1. The fourth-order valence-electron chi connectivity index (χ4n) is 3.46. The number of aromatic nitrogens is 4. The van der Waals surface area contributed by atoms with Crippen LogP contribution in [0.25, 0.3) is 10.9 Å². The number of hydrogen-bond acceptors (Lipinski definition) is 6. The Kier molecular flexibility index (Phi) is 4.97. The zero-order valence-corrected chi connectivity index (χ0v) is 15.1. The number of nitrogens with zero attached hydrogens (tertiary/aromatic N) is 5. The van der Waals surface area contributed by atoms with Crippen LogP contribution in [0.3, 0.4) is 0 Å². The minimum Gasteiger partial charge on any atom is -0.361 e. The normalized spacial score (nSPS) is 15.5. The van der Waals surface area contributed by atoms with Gasteiger partial charge in [0.15, 0.2) is 5.82 Å². The molecule has 136 valence electrons. The number of aromatic amines is 1. The van der Waals surface area contributed by atoms with Crippen molar-refractivity contribution in [2.24, 2.45) is 0 Å². The predicted octanol–water partition coefficient (Wildman–Crippen LogP) is 2.15. The van der Waals surface area contributed by atoms with Crippen molar-refractivity contribution in [3.63, 3.8) is 0 Å². The van der Waals surface area contributed by atoms with E-state index in [4.69, 9.17) is 0 Å². The van der Waals surface area contributed by atoms with Crippen molar-refractivity contribution in [2.45, 2.75) is 13.3 Å². The molecule has 1 aliphatic rings. The minimum atomic E-state index is 0.597. The van der Waals surface area contributed by atoms with E-state index in [0.29, 0.717) is 5.95 Å². The third-order valence-corrected chi connectivity index (χ3v) is 5.04. The zero-order valence-electron chi connectivity index (χ0n) is 15.1. The van der Waals surface area contributed by atoms with E-state index in [9.17, 15) is 0 Å². The highest BCUT2D eigenvalue weighted by molar-refractivity contribution is 5.83. The summed E-state index contributed by atoms with van der Waals surface area (Å²) in [4.78, 5) is 12.7. The summed E-state index contributed by atoms with van der Waals surface area (Å²) in [7, 11) is 0. The summed E-state index contributed by atoms with van der Waals surface area (Å²) in [5.74, 6) is 1.51. The largest absolute Gasteiger partial charge is 0.361 e. The molecule has 0 unspecified atom stereocenters. The van der Waals surface area contributed by atoms with Crippen LogP contribution in [0, 0.1) is 0 Å². The van der Waals surface area contributed by atoms with Gasteiger partial charge in [-0.25, -0.2) is 0 Å². The van der Waals surface area contributed by atoms with Crippen molar-refractivity contribution in [3.8, 4) is 0 Å². The average molecular weight is 351 g/mol. The van der Waals surface area contributed by atoms with Crippen molar-refractivity contribution >= 4 is 22.7 Å². The Hall–Kier alpha value is -2.67. The first kappa shape index (κ1) is 16.8. The molecule has 7 nitrogen and oxygen atoms in total. The Morgan fingerprint density at radius 2 is 2.00 bits per heavy atom. The lowest BCUT2D eigenvalue weighted by Crippen LogP contribution is -2.46. The van der Waals surface area contributed by atoms with E-state index in [1.807, 2.05) is 6.07 Å². The molecule has 0 amide bonds. The smallest absolute Gasteiger partial charge is 0.244 e. The molecule has 3 aromatic rings. The maximum absolute atomic E-state index is 4.64. The van der Waals surface area contributed by atoms with E-state index >= 15 is 0 Å². The van der Waals surface area contributed by atoms with Crippen molar-refractivity contribution in [1.29, 1.82) is 0 Å². The second-order valence-corrected chi connectivity index (χ2v) is 6.60. The molecule has 1 fully saturated rings. The summed E-state index contributed by atoms with van der Waals surface area (Å²) in [5, 5.41) is 12.8. The molecule has 0 atom stereocenters. The molecule has 4 rings (SSSR count). The van der Waals surface area contributed by atoms with Crippen LogP contribution in [-0.4, -0.2) is 64.3 Å². The average Bonchev–Trinajstić information content (AvgIpc) is 3.12. The first-order valence-corrected chi connectivity index (χ1v) is 9.29. The lowest BCUT2D eigenvalue weighted by molar-refractivity contribution is 0.270. The molecule has 7 heteroatoms. The van der Waals surface area contributed by atoms with E-state index in [2.05, 4.69) is 66.6 Å². The maximum atomic E-state index is 4.64. The molecule has 2 N–H and O–H groups in total. The van der Waals surface area contributed by atoms with Gasteiger partial charge >= 0.3 is 0 Å². The summed E-state index contributed by atoms with van der Waals surface area (Å²) in [6, 6.07) is 8.37. The van der Waals surface area contributed by atoms with Crippen molar-refractivity contribution in [2.75, 3.05) is 49.5 Å². The zero-order chi connectivity index (χ0) is 17.8. The third-order valence-electron chi connectivity index (χ3n) is 5.04. The summed E-state index contributed by atoms with van der Waals surface area (Å²) in [6.07, 6.45) is 4.74. The molecule has 1 saturated heterocycles. The second kappa shape index (κ2) is 7.70. The molecule has 0 bridgehead atoms. The highest BCUT2D eigenvalue weighted by Gasteiger charge is 2.17. The summed E-state index contributed by atoms with van der Waals surface area (Å²) >= 11 is 0. The Morgan fingerprint density at radius 1 is 1.15 bits per heavy atom. The number of H-pyrrole nitrogens is 1. The molecular formula is C19H25N7. The first-order chi connectivity index (χ1) is 12.8. The van der Waals surface area contributed by atoms with Crippen LogP contribution in [0.2, 0.25) is 0 Å². The van der Waals surface area contributed by atoms with Gasteiger partial charge in [0, 0.05) is 49.8 Å². The fraction of sp³-hybridized carbons (Fsp3) is 0.421. The monoisotopic (exact) mass is 351 g/mol. The Bertz CT molecular complexity index is 852. The van der Waals surface area contributed by atoms with Gasteiger partial charge in [-0.1, -0.05) is 25.1 Å². The number of piperazine rings is 1. The maximum Gasteiger partial charge on any atom is 0.244 e. The van der Waals surface area contributed by atoms with Gasteiger partial charge in [-0.3, -0.25) is 0 Å². The van der Waals surface area contributed by atoms with E-state index in [-0.39, 0.29) is 0 Å². The Balaban J connectivity index is 1.35. The van der Waals surface area contributed by atoms with E-state index in [1.54, 1.807) is 6.20 Å². The van der Waals surface area contributed by atoms with Crippen LogP contribution >= 0.6 is 0 Å². The van der Waals surface area contributed by atoms with E-state index in [1.165, 1.54) is 16.5 Å². The number of likely N-dealkylation sites (N-methyl/N-ethyl adjacent to an activating group) is 1. The molecule has 3 heterocycles. The first-order valence-electron chi connectivity index (χ1n) is 9.29. The number of fused-ring (bicyclic) bond motifs is 1. The Labute approximate surface area is 153 Å². The van der Waals surface area contributed by atoms with Crippen LogP contribution in [0.15, 0.2) is 36.7 Å². The van der Waals surface area contributed by atoms with Crippen LogP contribution in [-0.2, 0) is 6.42 Å². The number of rotatable bonds is 6. The molecule has 0 radical (unpaired) electrons. The van der Waals surface area contributed by atoms with Crippen LogP contribution < -0.4 is 10.2 Å². The standard InChI is InChI=1S/C19H25N7/c1-2-25-9-11-26(12-10-25)18-14-22-24-19(23-18)20-8-7-15-13-21-17-6-4-3-5-16(15)17/h3-6,13-14,21H,2,7-12H2,1H3,(H,20,23,24). The van der Waals surface area contributed by atoms with Crippen LogP contribution in [0.4, 0.5) is 11.8 Å². The molecule has 2 aromatic heterocycles. The van der Waals surface area contributed by atoms with E-state index in [0.717, 1.165) is 51.5 Å². The summed E-state index contributed by atoms with van der Waals surface area (Å²) in [6.45, 7) is 8.21. The van der Waals surface area contributed by atoms with Gasteiger partial charge in [0.1, 0.15) is 0 Å². The molecule has 0 aliphatic carbocycles. The molecule has 1 aromatic carbocycles. The summed E-state index contributed by atoms with van der Waals surface area (Å²) < 4.78 is 0. The topological polar surface area (TPSA) is 73.0 Å².